The lowest BCUT2D eigenvalue weighted by atomic mass is 10.1. The van der Waals surface area contributed by atoms with Crippen LogP contribution in [0.25, 0.3) is 0 Å². The molecule has 7 nitrogen and oxygen atoms in total. The van der Waals surface area contributed by atoms with Gasteiger partial charge >= 0.3 is 12.1 Å². The van der Waals surface area contributed by atoms with E-state index in [-0.39, 0.29) is 12.7 Å². The van der Waals surface area contributed by atoms with Crippen LogP contribution in [0.15, 0.2) is 12.7 Å². The molecule has 0 saturated heterocycles. The maximum Gasteiger partial charge on any atom is 0.407 e. The highest BCUT2D eigenvalue weighted by Gasteiger charge is 2.10. The van der Waals surface area contributed by atoms with Gasteiger partial charge in [-0.1, -0.05) is 18.9 Å². The number of nitrogens with one attached hydrogen (secondary N) is 1. The quantitative estimate of drug-likeness (QED) is 0.289. The number of alkyl carbamates (subject to hydrolysis) is 1. The number of hydrogen-bond acceptors (Lipinski definition) is 5. The number of carbonyl (C=O) groups excluding carboxylic acids is 1. The molecule has 0 rings (SSSR count). The Labute approximate surface area is 150 Å². The Balaban J connectivity index is 3.42. The summed E-state index contributed by atoms with van der Waals surface area (Å²) in [6.45, 7) is 6.76. The van der Waals surface area contributed by atoms with Crippen molar-refractivity contribution < 1.29 is 24.2 Å². The van der Waals surface area contributed by atoms with E-state index in [9.17, 15) is 9.59 Å². The molecule has 0 aromatic rings. The second-order valence-electron chi connectivity index (χ2n) is 6.11. The van der Waals surface area contributed by atoms with Crippen LogP contribution in [0.1, 0.15) is 58.3 Å². The summed E-state index contributed by atoms with van der Waals surface area (Å²) in [7, 11) is 0. The van der Waals surface area contributed by atoms with Crippen molar-refractivity contribution in [3.63, 3.8) is 0 Å². The molecule has 1 unspecified atom stereocenters. The number of carbonyl (C=O) groups is 2. The van der Waals surface area contributed by atoms with E-state index in [4.69, 9.17) is 20.3 Å². The van der Waals surface area contributed by atoms with Gasteiger partial charge in [-0.15, -0.1) is 6.58 Å². The molecule has 0 aliphatic carbocycles. The molecule has 0 saturated carbocycles. The Bertz CT molecular complexity index is 376. The minimum atomic E-state index is -1.00. The first-order valence-corrected chi connectivity index (χ1v) is 9.08. The van der Waals surface area contributed by atoms with E-state index < -0.39 is 18.1 Å². The van der Waals surface area contributed by atoms with Crippen LogP contribution in [0.3, 0.4) is 0 Å². The van der Waals surface area contributed by atoms with Crippen molar-refractivity contribution in [3.8, 4) is 0 Å². The van der Waals surface area contributed by atoms with E-state index in [0.717, 1.165) is 19.3 Å². The van der Waals surface area contributed by atoms with E-state index in [1.54, 1.807) is 0 Å². The summed E-state index contributed by atoms with van der Waals surface area (Å²) < 4.78 is 10.6. The fraction of sp³-hybridized carbons (Fsp3) is 0.778. The van der Waals surface area contributed by atoms with Crippen LogP contribution in [0.5, 0.6) is 0 Å². The van der Waals surface area contributed by atoms with Crippen molar-refractivity contribution in [2.45, 2.75) is 70.4 Å². The Morgan fingerprint density at radius 2 is 1.88 bits per heavy atom. The molecule has 0 spiro atoms. The SMILES string of the molecule is C=CCCCCCC(C)OCCOC(=O)NCCCC[C@H](N)C(=O)O. The van der Waals surface area contributed by atoms with E-state index in [2.05, 4.69) is 11.9 Å². The molecule has 7 heteroatoms. The zero-order valence-electron chi connectivity index (χ0n) is 15.4. The third-order valence-electron chi connectivity index (χ3n) is 3.77. The molecule has 146 valence electrons. The first-order valence-electron chi connectivity index (χ1n) is 9.08. The second-order valence-corrected chi connectivity index (χ2v) is 6.11. The zero-order valence-corrected chi connectivity index (χ0v) is 15.4. The summed E-state index contributed by atoms with van der Waals surface area (Å²) in [5, 5.41) is 11.3. The Morgan fingerprint density at radius 1 is 1.16 bits per heavy atom. The van der Waals surface area contributed by atoms with Crippen LogP contribution >= 0.6 is 0 Å². The van der Waals surface area contributed by atoms with Gasteiger partial charge in [0.1, 0.15) is 12.6 Å². The smallest absolute Gasteiger partial charge is 0.407 e. The van der Waals surface area contributed by atoms with Gasteiger partial charge in [-0.3, -0.25) is 4.79 Å². The Hall–Kier alpha value is -1.60. The predicted molar refractivity (Wildman–Crippen MR) is 97.5 cm³/mol. The first kappa shape index (κ1) is 23.4. The summed E-state index contributed by atoms with van der Waals surface area (Å²) in [5.41, 5.74) is 5.39. The van der Waals surface area contributed by atoms with Crippen LogP contribution in [-0.4, -0.2) is 49.1 Å². The molecule has 25 heavy (non-hydrogen) atoms. The number of aliphatic carboxylic acids is 1. The molecule has 0 aromatic heterocycles. The highest BCUT2D eigenvalue weighted by Crippen LogP contribution is 2.08. The van der Waals surface area contributed by atoms with Gasteiger partial charge in [-0.05, 0) is 45.4 Å². The molecule has 4 N–H and O–H groups in total. The highest BCUT2D eigenvalue weighted by atomic mass is 16.6. The van der Waals surface area contributed by atoms with Gasteiger partial charge in [-0.25, -0.2) is 4.79 Å². The van der Waals surface area contributed by atoms with Crippen molar-refractivity contribution in [2.24, 2.45) is 5.73 Å². The van der Waals surface area contributed by atoms with E-state index >= 15 is 0 Å². The van der Waals surface area contributed by atoms with E-state index in [0.29, 0.717) is 32.4 Å². The number of nitrogens with two attached hydrogens (primary N) is 1. The van der Waals surface area contributed by atoms with Crippen molar-refractivity contribution in [1.29, 1.82) is 0 Å². The lowest BCUT2D eigenvalue weighted by Gasteiger charge is -2.13. The van der Waals surface area contributed by atoms with Crippen LogP contribution in [-0.2, 0) is 14.3 Å². The number of carboxylic acid groups (broad SMARTS) is 1. The zero-order chi connectivity index (χ0) is 18.9. The fourth-order valence-corrected chi connectivity index (χ4v) is 2.22. The normalized spacial score (nSPS) is 13.0. The summed E-state index contributed by atoms with van der Waals surface area (Å²) in [6, 6.07) is -0.840. The van der Waals surface area contributed by atoms with Gasteiger partial charge in [0.2, 0.25) is 0 Å². The molecule has 0 aliphatic heterocycles. The summed E-state index contributed by atoms with van der Waals surface area (Å²) in [5.74, 6) is -1.00. The average Bonchev–Trinajstić information content (AvgIpc) is 2.58. The minimum absolute atomic E-state index is 0.161. The van der Waals surface area contributed by atoms with Crippen molar-refractivity contribution in [2.75, 3.05) is 19.8 Å². The predicted octanol–water partition coefficient (Wildman–Crippen LogP) is 2.84. The van der Waals surface area contributed by atoms with Crippen molar-refractivity contribution in [3.05, 3.63) is 12.7 Å². The number of allylic oxidation sites excluding steroid dienone is 1. The summed E-state index contributed by atoms with van der Waals surface area (Å²) >= 11 is 0. The van der Waals surface area contributed by atoms with Gasteiger partial charge in [0.25, 0.3) is 0 Å². The maximum atomic E-state index is 11.4. The lowest BCUT2D eigenvalue weighted by molar-refractivity contribution is -0.138. The number of ether oxygens (including phenoxy) is 2. The summed E-state index contributed by atoms with van der Waals surface area (Å²) in [6.07, 6.45) is 8.85. The van der Waals surface area contributed by atoms with Crippen LogP contribution in [0.2, 0.25) is 0 Å². The third kappa shape index (κ3) is 15.7. The standard InChI is InChI=1S/C18H34N2O5/c1-3-4-5-6-7-10-15(2)24-13-14-25-18(23)20-12-9-8-11-16(19)17(21)22/h3,15-16H,1,4-14,19H2,2H3,(H,20,23)(H,21,22)/t15?,16-/m0/s1. The lowest BCUT2D eigenvalue weighted by Crippen LogP contribution is -2.30. The van der Waals surface area contributed by atoms with E-state index in [1.807, 2.05) is 13.0 Å². The number of unbranched alkanes of at least 4 members (excludes halogenated alkanes) is 4. The highest BCUT2D eigenvalue weighted by molar-refractivity contribution is 5.72. The molecule has 0 aliphatic rings. The molecule has 0 radical (unpaired) electrons. The molecule has 2 atom stereocenters. The first-order chi connectivity index (χ1) is 12.0. The fourth-order valence-electron chi connectivity index (χ4n) is 2.22. The number of hydrogen-bond donors (Lipinski definition) is 3. The van der Waals surface area contributed by atoms with Crippen molar-refractivity contribution >= 4 is 12.1 Å². The third-order valence-corrected chi connectivity index (χ3v) is 3.77. The van der Waals surface area contributed by atoms with Gasteiger partial charge in [0, 0.05) is 6.54 Å². The molecule has 0 aromatic carbocycles. The number of rotatable bonds is 16. The minimum Gasteiger partial charge on any atom is -0.480 e. The second kappa shape index (κ2) is 15.9. The van der Waals surface area contributed by atoms with Crippen LogP contribution in [0.4, 0.5) is 4.79 Å². The van der Waals surface area contributed by atoms with Crippen LogP contribution < -0.4 is 11.1 Å². The van der Waals surface area contributed by atoms with E-state index in [1.165, 1.54) is 12.8 Å². The number of amides is 1. The summed E-state index contributed by atoms with van der Waals surface area (Å²) in [4.78, 5) is 22.0. The van der Waals surface area contributed by atoms with Gasteiger partial charge in [0.05, 0.1) is 12.7 Å². The molecule has 0 bridgehead atoms. The number of carboxylic acids is 1. The van der Waals surface area contributed by atoms with Gasteiger partial charge < -0.3 is 25.6 Å². The Kier molecular flexibility index (Phi) is 14.9. The maximum absolute atomic E-state index is 11.4. The molecular formula is C18H34N2O5. The molecule has 0 fully saturated rings. The molecule has 1 amide bonds. The van der Waals surface area contributed by atoms with Crippen molar-refractivity contribution in [1.82, 2.24) is 5.32 Å². The van der Waals surface area contributed by atoms with Crippen LogP contribution in [0, 0.1) is 0 Å². The largest absolute Gasteiger partial charge is 0.480 e. The Morgan fingerprint density at radius 3 is 2.56 bits per heavy atom. The van der Waals surface area contributed by atoms with Gasteiger partial charge in [0.15, 0.2) is 0 Å². The molecule has 0 heterocycles. The average molecular weight is 358 g/mol. The molecular weight excluding hydrogens is 324 g/mol. The van der Waals surface area contributed by atoms with Gasteiger partial charge in [-0.2, -0.15) is 0 Å². The topological polar surface area (TPSA) is 111 Å². The monoisotopic (exact) mass is 358 g/mol.